The quantitative estimate of drug-likeness (QED) is 0.375. The third kappa shape index (κ3) is 3.46. The fourth-order valence-electron chi connectivity index (χ4n) is 3.45. The summed E-state index contributed by atoms with van der Waals surface area (Å²) in [5.41, 5.74) is 3.78. The number of hydrogen-bond acceptors (Lipinski definition) is 4. The Morgan fingerprint density at radius 1 is 1.19 bits per heavy atom. The predicted octanol–water partition coefficient (Wildman–Crippen LogP) is 4.16. The topological polar surface area (TPSA) is 49.7 Å². The highest BCUT2D eigenvalue weighted by atomic mass is 16.7. The van der Waals surface area contributed by atoms with Gasteiger partial charge in [-0.15, -0.1) is 0 Å². The van der Waals surface area contributed by atoms with E-state index in [-0.39, 0.29) is 18.9 Å². The van der Waals surface area contributed by atoms with Gasteiger partial charge in [0.1, 0.15) is 11.9 Å². The number of carbonyl (C=O) groups is 1. The predicted molar refractivity (Wildman–Crippen MR) is 104 cm³/mol. The molecule has 3 aromatic rings. The summed E-state index contributed by atoms with van der Waals surface area (Å²) in [6.07, 6.45) is 0.356. The van der Waals surface area contributed by atoms with Gasteiger partial charge < -0.3 is 18.8 Å². The molecule has 1 atom stereocenters. The molecule has 0 spiro atoms. The van der Waals surface area contributed by atoms with E-state index in [0.717, 1.165) is 27.9 Å². The highest BCUT2D eigenvalue weighted by Crippen LogP contribution is 2.32. The van der Waals surface area contributed by atoms with Gasteiger partial charge in [-0.1, -0.05) is 36.9 Å². The third-order valence-electron chi connectivity index (χ3n) is 4.71. The van der Waals surface area contributed by atoms with Crippen molar-refractivity contribution < 1.29 is 19.0 Å². The molecule has 0 aliphatic carbocycles. The number of cyclic esters (lactones) is 1. The zero-order chi connectivity index (χ0) is 18.8. The Hall–Kier alpha value is -3.05. The molecular formula is C22H21NO4. The van der Waals surface area contributed by atoms with E-state index in [1.54, 1.807) is 7.11 Å². The molecule has 0 amide bonds. The fourth-order valence-corrected chi connectivity index (χ4v) is 3.45. The summed E-state index contributed by atoms with van der Waals surface area (Å²) in [6, 6.07) is 18.3. The summed E-state index contributed by atoms with van der Waals surface area (Å²) in [6.45, 7) is 4.57. The van der Waals surface area contributed by atoms with Gasteiger partial charge in [0, 0.05) is 35.7 Å². The molecule has 0 saturated carbocycles. The summed E-state index contributed by atoms with van der Waals surface area (Å²) < 4.78 is 18.2. The third-order valence-corrected chi connectivity index (χ3v) is 4.71. The van der Waals surface area contributed by atoms with E-state index < -0.39 is 0 Å². The Labute approximate surface area is 157 Å². The molecule has 0 radical (unpaired) electrons. The Morgan fingerprint density at radius 2 is 2.00 bits per heavy atom. The minimum atomic E-state index is -0.298. The van der Waals surface area contributed by atoms with Crippen LogP contribution in [-0.4, -0.2) is 30.5 Å². The van der Waals surface area contributed by atoms with Crippen LogP contribution in [0.3, 0.4) is 0 Å². The van der Waals surface area contributed by atoms with Crippen molar-refractivity contribution in [1.29, 1.82) is 0 Å². The van der Waals surface area contributed by atoms with Crippen LogP contribution in [0.1, 0.15) is 6.42 Å². The standard InChI is InChI=1S/C22H21NO4/c1-15-10-19(27-22(15)24)13-23-20-9-8-18(26-14-25-2)11-17(20)12-21(23)16-6-4-3-5-7-16/h3-9,11-12,19H,1,10,13-14H2,2H3. The van der Waals surface area contributed by atoms with Crippen LogP contribution in [0, 0.1) is 0 Å². The van der Waals surface area contributed by atoms with E-state index in [4.69, 9.17) is 14.2 Å². The average molecular weight is 363 g/mol. The molecular weight excluding hydrogens is 342 g/mol. The van der Waals surface area contributed by atoms with Gasteiger partial charge in [-0.2, -0.15) is 0 Å². The molecule has 27 heavy (non-hydrogen) atoms. The van der Waals surface area contributed by atoms with Crippen molar-refractivity contribution in [2.45, 2.75) is 19.1 Å². The highest BCUT2D eigenvalue weighted by molar-refractivity contribution is 5.90. The zero-order valence-corrected chi connectivity index (χ0v) is 15.2. The fraction of sp³-hybridized carbons (Fsp3) is 0.227. The van der Waals surface area contributed by atoms with Crippen LogP contribution in [0.25, 0.3) is 22.2 Å². The SMILES string of the molecule is C=C1CC(Cn2c(-c3ccccc3)cc3cc(OCOC)ccc32)OC1=O. The lowest BCUT2D eigenvalue weighted by atomic mass is 10.1. The first-order valence-corrected chi connectivity index (χ1v) is 8.85. The molecule has 1 unspecified atom stereocenters. The number of methoxy groups -OCH3 is 1. The Balaban J connectivity index is 1.76. The van der Waals surface area contributed by atoms with Gasteiger partial charge in [0.05, 0.1) is 6.54 Å². The largest absolute Gasteiger partial charge is 0.468 e. The first-order chi connectivity index (χ1) is 13.2. The number of benzene rings is 2. The second kappa shape index (κ2) is 7.29. The normalized spacial score (nSPS) is 16.7. The molecule has 5 nitrogen and oxygen atoms in total. The Kier molecular flexibility index (Phi) is 4.69. The van der Waals surface area contributed by atoms with Crippen molar-refractivity contribution >= 4 is 16.9 Å². The summed E-state index contributed by atoms with van der Waals surface area (Å²) >= 11 is 0. The van der Waals surface area contributed by atoms with E-state index in [1.165, 1.54) is 0 Å². The molecule has 2 heterocycles. The summed E-state index contributed by atoms with van der Waals surface area (Å²) in [4.78, 5) is 11.7. The number of ether oxygens (including phenoxy) is 3. The molecule has 2 aromatic carbocycles. The lowest BCUT2D eigenvalue weighted by Crippen LogP contribution is -2.16. The van der Waals surface area contributed by atoms with Crippen molar-refractivity contribution in [3.63, 3.8) is 0 Å². The molecule has 1 fully saturated rings. The first-order valence-electron chi connectivity index (χ1n) is 8.85. The summed E-state index contributed by atoms with van der Waals surface area (Å²) in [5, 5.41) is 1.06. The van der Waals surface area contributed by atoms with Gasteiger partial charge >= 0.3 is 5.97 Å². The molecule has 0 bridgehead atoms. The summed E-state index contributed by atoms with van der Waals surface area (Å²) in [5.74, 6) is 0.453. The maximum atomic E-state index is 11.7. The zero-order valence-electron chi connectivity index (χ0n) is 15.2. The van der Waals surface area contributed by atoms with Gasteiger partial charge in [0.25, 0.3) is 0 Å². The molecule has 5 heteroatoms. The molecule has 1 saturated heterocycles. The molecule has 1 aromatic heterocycles. The molecule has 138 valence electrons. The lowest BCUT2D eigenvalue weighted by Gasteiger charge is -2.15. The molecule has 4 rings (SSSR count). The average Bonchev–Trinajstić information content (AvgIpc) is 3.20. The van der Waals surface area contributed by atoms with E-state index in [2.05, 4.69) is 29.3 Å². The van der Waals surface area contributed by atoms with Crippen molar-refractivity contribution in [2.75, 3.05) is 13.9 Å². The minimum Gasteiger partial charge on any atom is -0.468 e. The van der Waals surface area contributed by atoms with Gasteiger partial charge in [-0.3, -0.25) is 0 Å². The minimum absolute atomic E-state index is 0.201. The van der Waals surface area contributed by atoms with Crippen LogP contribution in [0.4, 0.5) is 0 Å². The Bertz CT molecular complexity index is 974. The van der Waals surface area contributed by atoms with Crippen LogP contribution in [-0.2, 0) is 20.8 Å². The van der Waals surface area contributed by atoms with Crippen LogP contribution in [0.2, 0.25) is 0 Å². The van der Waals surface area contributed by atoms with Gasteiger partial charge in [0.2, 0.25) is 0 Å². The molecule has 0 N–H and O–H groups in total. The van der Waals surface area contributed by atoms with Crippen molar-refractivity contribution in [2.24, 2.45) is 0 Å². The van der Waals surface area contributed by atoms with Crippen LogP contribution >= 0.6 is 0 Å². The molecule has 1 aliphatic rings. The van der Waals surface area contributed by atoms with Gasteiger partial charge in [-0.05, 0) is 29.8 Å². The van der Waals surface area contributed by atoms with Crippen molar-refractivity contribution in [1.82, 2.24) is 4.57 Å². The van der Waals surface area contributed by atoms with Crippen LogP contribution in [0.15, 0.2) is 66.7 Å². The van der Waals surface area contributed by atoms with E-state index in [9.17, 15) is 4.79 Å². The second-order valence-electron chi connectivity index (χ2n) is 6.61. The first kappa shape index (κ1) is 17.4. The number of esters is 1. The lowest BCUT2D eigenvalue weighted by molar-refractivity contribution is -0.139. The Morgan fingerprint density at radius 3 is 2.70 bits per heavy atom. The number of carbonyl (C=O) groups excluding carboxylic acids is 1. The highest BCUT2D eigenvalue weighted by Gasteiger charge is 2.28. The van der Waals surface area contributed by atoms with E-state index in [0.29, 0.717) is 18.5 Å². The number of hydrogen-bond donors (Lipinski definition) is 0. The number of rotatable bonds is 6. The smallest absolute Gasteiger partial charge is 0.333 e. The van der Waals surface area contributed by atoms with Gasteiger partial charge in [-0.25, -0.2) is 4.79 Å². The van der Waals surface area contributed by atoms with Crippen molar-refractivity contribution in [3.8, 4) is 17.0 Å². The van der Waals surface area contributed by atoms with Crippen LogP contribution in [0.5, 0.6) is 5.75 Å². The van der Waals surface area contributed by atoms with E-state index in [1.807, 2.05) is 36.4 Å². The van der Waals surface area contributed by atoms with Gasteiger partial charge in [0.15, 0.2) is 6.79 Å². The molecule has 1 aliphatic heterocycles. The number of nitrogens with zero attached hydrogens (tertiary/aromatic N) is 1. The second-order valence-corrected chi connectivity index (χ2v) is 6.61. The number of fused-ring (bicyclic) bond motifs is 1. The van der Waals surface area contributed by atoms with Crippen molar-refractivity contribution in [3.05, 3.63) is 66.7 Å². The number of aromatic nitrogens is 1. The van der Waals surface area contributed by atoms with Crippen LogP contribution < -0.4 is 4.74 Å². The maximum Gasteiger partial charge on any atom is 0.333 e. The summed E-state index contributed by atoms with van der Waals surface area (Å²) in [7, 11) is 1.60. The monoisotopic (exact) mass is 363 g/mol. The maximum absolute atomic E-state index is 11.7. The van der Waals surface area contributed by atoms with E-state index >= 15 is 0 Å².